The fourth-order valence-corrected chi connectivity index (χ4v) is 7.15. The topological polar surface area (TPSA) is 79.0 Å². The Morgan fingerprint density at radius 3 is 2.54 bits per heavy atom. The van der Waals surface area contributed by atoms with Gasteiger partial charge in [0.2, 0.25) is 5.00 Å². The smallest absolute Gasteiger partial charge is 0.343 e. The lowest BCUT2D eigenvalue weighted by Gasteiger charge is -2.13. The van der Waals surface area contributed by atoms with Crippen molar-refractivity contribution >= 4 is 66.2 Å². The van der Waals surface area contributed by atoms with Crippen molar-refractivity contribution < 1.29 is 22.7 Å². The molecule has 0 N–H and O–H groups in total. The number of benzene rings is 2. The lowest BCUT2D eigenvalue weighted by Crippen LogP contribution is -2.14. The third kappa shape index (κ3) is 4.51. The number of esters is 1. The minimum absolute atomic E-state index is 0.0693. The van der Waals surface area contributed by atoms with Gasteiger partial charge in [0.25, 0.3) is 10.0 Å². The van der Waals surface area contributed by atoms with Crippen molar-refractivity contribution in [1.29, 1.82) is 0 Å². The summed E-state index contributed by atoms with van der Waals surface area (Å²) in [5.41, 5.74) is 2.04. The van der Waals surface area contributed by atoms with Gasteiger partial charge in [-0.1, -0.05) is 23.7 Å². The van der Waals surface area contributed by atoms with Gasteiger partial charge < -0.3 is 9.47 Å². The van der Waals surface area contributed by atoms with Crippen LogP contribution in [0.4, 0.5) is 5.00 Å². The Morgan fingerprint density at radius 1 is 1.08 bits per heavy atom. The molecule has 0 atom stereocenters. The molecule has 2 aromatic carbocycles. The number of carbonyl (C=O) groups excluding carboxylic acids is 1. The first-order chi connectivity index (χ1) is 17.8. The molecule has 0 unspecified atom stereocenters. The number of carbonyl (C=O) groups is 1. The van der Waals surface area contributed by atoms with Crippen LogP contribution in [0.2, 0.25) is 5.02 Å². The Balaban J connectivity index is 1.87. The molecule has 5 aromatic rings. The van der Waals surface area contributed by atoms with E-state index in [1.807, 2.05) is 23.6 Å². The molecule has 186 valence electrons. The second kappa shape index (κ2) is 10.0. The lowest BCUT2D eigenvalue weighted by molar-refractivity contribution is -0.142. The van der Waals surface area contributed by atoms with Crippen LogP contribution in [-0.4, -0.2) is 32.1 Å². The molecule has 0 saturated heterocycles. The number of thiophene rings is 2. The molecule has 3 heterocycles. The molecule has 7 nitrogen and oxygen atoms in total. The summed E-state index contributed by atoms with van der Waals surface area (Å²) in [6, 6.07) is 16.4. The Hall–Kier alpha value is -3.62. The summed E-state index contributed by atoms with van der Waals surface area (Å²) in [7, 11) is -2.83. The number of halogens is 1. The van der Waals surface area contributed by atoms with Crippen molar-refractivity contribution in [2.45, 2.75) is 4.90 Å². The van der Waals surface area contributed by atoms with Crippen LogP contribution >= 0.6 is 34.3 Å². The number of hydrogen-bond donors (Lipinski definition) is 0. The molecule has 37 heavy (non-hydrogen) atoms. The van der Waals surface area contributed by atoms with Crippen LogP contribution in [0.15, 0.2) is 76.3 Å². The molecule has 0 fully saturated rings. The van der Waals surface area contributed by atoms with Crippen molar-refractivity contribution in [2.75, 3.05) is 13.7 Å². The van der Waals surface area contributed by atoms with Crippen molar-refractivity contribution in [3.63, 3.8) is 0 Å². The number of fused-ring (bicyclic) bond motifs is 1. The highest BCUT2D eigenvalue weighted by atomic mass is 35.5. The van der Waals surface area contributed by atoms with Crippen LogP contribution in [0.5, 0.6) is 5.75 Å². The lowest BCUT2D eigenvalue weighted by atomic mass is 10.0. The Kier molecular flexibility index (Phi) is 6.79. The predicted octanol–water partition coefficient (Wildman–Crippen LogP) is 7.09. The SMILES string of the molecule is [C-]#[N+]c1sccc1-c1c(-c2cccs2)n(S(=O)(=O)c2ccc(Cl)cc2)c2ccc(OCC(=O)OC)cc12. The van der Waals surface area contributed by atoms with Crippen molar-refractivity contribution in [3.8, 4) is 27.4 Å². The van der Waals surface area contributed by atoms with E-state index in [4.69, 9.17) is 22.9 Å². The molecular weight excluding hydrogens is 552 g/mol. The van der Waals surface area contributed by atoms with E-state index >= 15 is 0 Å². The van der Waals surface area contributed by atoms with Gasteiger partial charge in [0.15, 0.2) is 6.61 Å². The summed E-state index contributed by atoms with van der Waals surface area (Å²) in [4.78, 5) is 16.1. The predicted molar refractivity (Wildman–Crippen MR) is 146 cm³/mol. The molecule has 0 radical (unpaired) electrons. The zero-order chi connectivity index (χ0) is 26.2. The largest absolute Gasteiger partial charge is 0.482 e. The van der Waals surface area contributed by atoms with Gasteiger partial charge in [-0.05, 0) is 59.3 Å². The van der Waals surface area contributed by atoms with Crippen molar-refractivity contribution in [3.05, 3.63) is 87.9 Å². The van der Waals surface area contributed by atoms with Crippen molar-refractivity contribution in [1.82, 2.24) is 3.97 Å². The van der Waals surface area contributed by atoms with E-state index in [9.17, 15) is 13.2 Å². The molecular formula is C26H17ClN2O5S3. The minimum atomic E-state index is -4.10. The zero-order valence-corrected chi connectivity index (χ0v) is 22.4. The van der Waals surface area contributed by atoms with Crippen molar-refractivity contribution in [2.24, 2.45) is 0 Å². The molecule has 0 aliphatic carbocycles. The first-order valence-electron chi connectivity index (χ1n) is 10.7. The number of methoxy groups -OCH3 is 1. The van der Waals surface area contributed by atoms with Crippen LogP contribution in [0.1, 0.15) is 0 Å². The molecule has 0 saturated carbocycles. The Labute approximate surface area is 225 Å². The van der Waals surface area contributed by atoms with Crippen LogP contribution < -0.4 is 4.74 Å². The van der Waals surface area contributed by atoms with Crippen LogP contribution in [-0.2, 0) is 19.6 Å². The minimum Gasteiger partial charge on any atom is -0.482 e. The number of ether oxygens (including phenoxy) is 2. The van der Waals surface area contributed by atoms with Gasteiger partial charge in [0.05, 0.1) is 34.7 Å². The summed E-state index contributed by atoms with van der Waals surface area (Å²) < 4.78 is 39.8. The maximum absolute atomic E-state index is 14.1. The van der Waals surface area contributed by atoms with E-state index in [-0.39, 0.29) is 11.5 Å². The molecule has 3 aromatic heterocycles. The molecule has 0 aliphatic heterocycles. The molecule has 0 amide bonds. The standard InChI is InChI=1S/C26H17ClN2O5S3/c1-28-26-19(11-13-36-26)24-20-14-17(34-15-23(30)33-2)7-10-21(20)29(25(24)22-4-3-12-35-22)37(31,32)18-8-5-16(27)6-9-18/h3-14H,15H2,2H3. The fourth-order valence-electron chi connectivity index (χ4n) is 3.98. The maximum Gasteiger partial charge on any atom is 0.343 e. The summed E-state index contributed by atoms with van der Waals surface area (Å²) in [5.74, 6) is -0.187. The van der Waals surface area contributed by atoms with Gasteiger partial charge in [0, 0.05) is 21.5 Å². The Morgan fingerprint density at radius 2 is 1.86 bits per heavy atom. The highest BCUT2D eigenvalue weighted by molar-refractivity contribution is 7.90. The molecule has 0 aliphatic rings. The van der Waals surface area contributed by atoms with E-state index in [1.165, 1.54) is 58.0 Å². The van der Waals surface area contributed by atoms with Gasteiger partial charge in [-0.3, -0.25) is 0 Å². The second-order valence-corrected chi connectivity index (χ2v) is 11.8. The van der Waals surface area contributed by atoms with E-state index in [0.717, 1.165) is 0 Å². The van der Waals surface area contributed by atoms with Crippen LogP contribution in [0.3, 0.4) is 0 Å². The quantitative estimate of drug-likeness (QED) is 0.155. The summed E-state index contributed by atoms with van der Waals surface area (Å²) in [6.45, 7) is 7.39. The average molecular weight is 569 g/mol. The van der Waals surface area contributed by atoms with Gasteiger partial charge >= 0.3 is 5.97 Å². The monoisotopic (exact) mass is 568 g/mol. The Bertz CT molecular complexity index is 1760. The normalized spacial score (nSPS) is 11.4. The van der Waals surface area contributed by atoms with Gasteiger partial charge in [0.1, 0.15) is 5.75 Å². The number of hydrogen-bond acceptors (Lipinski definition) is 7. The van der Waals surface area contributed by atoms with Gasteiger partial charge in [-0.2, -0.15) is 11.3 Å². The third-order valence-corrected chi connectivity index (χ3v) is 9.27. The maximum atomic E-state index is 14.1. The van der Waals surface area contributed by atoms with Gasteiger partial charge in [-0.25, -0.2) is 22.0 Å². The second-order valence-electron chi connectivity index (χ2n) is 7.72. The molecule has 0 bridgehead atoms. The molecule has 11 heteroatoms. The zero-order valence-electron chi connectivity index (χ0n) is 19.2. The highest BCUT2D eigenvalue weighted by Crippen LogP contribution is 2.49. The highest BCUT2D eigenvalue weighted by Gasteiger charge is 2.30. The summed E-state index contributed by atoms with van der Waals surface area (Å²) >= 11 is 8.70. The summed E-state index contributed by atoms with van der Waals surface area (Å²) in [6.07, 6.45) is 0. The number of rotatable bonds is 7. The van der Waals surface area contributed by atoms with E-state index in [1.54, 1.807) is 23.6 Å². The number of aromatic nitrogens is 1. The van der Waals surface area contributed by atoms with E-state index in [2.05, 4.69) is 9.58 Å². The van der Waals surface area contributed by atoms with E-state index in [0.29, 0.717) is 48.4 Å². The molecule has 5 rings (SSSR count). The van der Waals surface area contributed by atoms with Gasteiger partial charge in [-0.15, -0.1) is 11.3 Å². The summed E-state index contributed by atoms with van der Waals surface area (Å²) in [5, 5.41) is 5.08. The first kappa shape index (κ1) is 25.0. The number of nitrogens with zero attached hydrogens (tertiary/aromatic N) is 2. The fraction of sp³-hybridized carbons (Fsp3) is 0.0769. The van der Waals surface area contributed by atoms with Crippen LogP contribution in [0.25, 0.3) is 37.4 Å². The third-order valence-electron chi connectivity index (χ3n) is 5.60. The average Bonchev–Trinajstić information content (AvgIpc) is 3.65. The first-order valence-corrected chi connectivity index (χ1v) is 14.3. The van der Waals surface area contributed by atoms with Crippen LogP contribution in [0, 0.1) is 6.57 Å². The molecule has 0 spiro atoms. The van der Waals surface area contributed by atoms with E-state index < -0.39 is 16.0 Å².